The fraction of sp³-hybridized carbons (Fsp3) is 0.636. The van der Waals surface area contributed by atoms with Crippen LogP contribution in [0.3, 0.4) is 0 Å². The molecule has 140 valence electrons. The average Bonchev–Trinajstić information content (AvgIpc) is 2.94. The van der Waals surface area contributed by atoms with Crippen LogP contribution in [-0.4, -0.2) is 22.0 Å². The highest BCUT2D eigenvalue weighted by atomic mass is 16.4. The van der Waals surface area contributed by atoms with Crippen LogP contribution in [0.25, 0.3) is 0 Å². The van der Waals surface area contributed by atoms with E-state index < -0.39 is 5.97 Å². The number of hydrogen-bond donors (Lipinski definition) is 2. The van der Waals surface area contributed by atoms with E-state index in [1.54, 1.807) is 0 Å². The van der Waals surface area contributed by atoms with E-state index in [0.29, 0.717) is 17.4 Å². The third-order valence-electron chi connectivity index (χ3n) is 7.04. The van der Waals surface area contributed by atoms with Crippen molar-refractivity contribution in [1.82, 2.24) is 0 Å². The van der Waals surface area contributed by atoms with Crippen LogP contribution < -0.4 is 0 Å². The van der Waals surface area contributed by atoms with Crippen LogP contribution in [0.5, 0.6) is 5.75 Å². The van der Waals surface area contributed by atoms with Crippen LogP contribution in [0.2, 0.25) is 0 Å². The zero-order valence-corrected chi connectivity index (χ0v) is 15.5. The van der Waals surface area contributed by atoms with E-state index in [1.807, 2.05) is 0 Å². The Bertz CT molecular complexity index is 751. The lowest BCUT2D eigenvalue weighted by atomic mass is 9.51. The summed E-state index contributed by atoms with van der Waals surface area (Å²) in [6.07, 6.45) is 9.69. The Morgan fingerprint density at radius 1 is 1.12 bits per heavy atom. The van der Waals surface area contributed by atoms with Gasteiger partial charge in [-0.05, 0) is 53.4 Å². The molecule has 4 nitrogen and oxygen atoms in total. The molecule has 0 spiro atoms. The van der Waals surface area contributed by atoms with E-state index in [9.17, 15) is 19.8 Å². The lowest BCUT2D eigenvalue weighted by molar-refractivity contribution is -0.133. The lowest BCUT2D eigenvalue weighted by Gasteiger charge is -2.51. The van der Waals surface area contributed by atoms with Crippen LogP contribution in [0.1, 0.15) is 84.8 Å². The molecular formula is C22H28O4. The summed E-state index contributed by atoms with van der Waals surface area (Å²) >= 11 is 0. The molecule has 1 aromatic carbocycles. The molecular weight excluding hydrogens is 328 g/mol. The number of carboxylic acids is 1. The molecule has 1 saturated carbocycles. The van der Waals surface area contributed by atoms with Gasteiger partial charge >= 0.3 is 5.97 Å². The van der Waals surface area contributed by atoms with E-state index in [2.05, 4.69) is 6.92 Å². The maximum atomic E-state index is 12.8. The molecule has 4 rings (SSSR count). The molecule has 1 aromatic rings. The van der Waals surface area contributed by atoms with Crippen molar-refractivity contribution in [2.75, 3.05) is 0 Å². The summed E-state index contributed by atoms with van der Waals surface area (Å²) in [5.74, 6) is 0.355. The summed E-state index contributed by atoms with van der Waals surface area (Å²) in [7, 11) is 0. The Morgan fingerprint density at radius 2 is 1.85 bits per heavy atom. The first kappa shape index (κ1) is 17.6. The first-order chi connectivity index (χ1) is 12.5. The van der Waals surface area contributed by atoms with Crippen molar-refractivity contribution in [3.05, 3.63) is 28.3 Å². The number of hydrogen-bond acceptors (Lipinski definition) is 3. The molecule has 0 saturated heterocycles. The average molecular weight is 356 g/mol. The smallest absolute Gasteiger partial charge is 0.336 e. The number of ketones is 1. The van der Waals surface area contributed by atoms with Gasteiger partial charge in [-0.3, -0.25) is 4.79 Å². The number of phenolic OH excluding ortho intramolecular Hbond substituents is 1. The van der Waals surface area contributed by atoms with Gasteiger partial charge in [0.25, 0.3) is 0 Å². The molecule has 0 heterocycles. The molecule has 0 amide bonds. The third kappa shape index (κ3) is 2.57. The number of aromatic hydroxyl groups is 1. The predicted molar refractivity (Wildman–Crippen MR) is 98.7 cm³/mol. The summed E-state index contributed by atoms with van der Waals surface area (Å²) in [5.41, 5.74) is 2.73. The number of carboxylic acid groups (broad SMARTS) is 1. The number of carbonyl (C=O) groups is 2. The summed E-state index contributed by atoms with van der Waals surface area (Å²) in [5, 5.41) is 19.8. The normalized spacial score (nSPS) is 28.0. The van der Waals surface area contributed by atoms with E-state index in [1.165, 1.54) is 44.6 Å². The number of unbranched alkanes of at least 4 members (excludes halogenated alkanes) is 5. The van der Waals surface area contributed by atoms with Crippen LogP contribution in [0.15, 0.2) is 6.07 Å². The zero-order valence-electron chi connectivity index (χ0n) is 15.5. The fourth-order valence-electron chi connectivity index (χ4n) is 5.89. The molecule has 0 radical (unpaired) electrons. The van der Waals surface area contributed by atoms with Gasteiger partial charge in [0.1, 0.15) is 11.5 Å². The first-order valence-corrected chi connectivity index (χ1v) is 10.2. The summed E-state index contributed by atoms with van der Waals surface area (Å²) in [4.78, 5) is 24.3. The second-order valence-corrected chi connectivity index (χ2v) is 8.40. The fourth-order valence-corrected chi connectivity index (χ4v) is 5.89. The van der Waals surface area contributed by atoms with Crippen molar-refractivity contribution in [1.29, 1.82) is 0 Å². The predicted octanol–water partition coefficient (Wildman–Crippen LogP) is 4.47. The minimum atomic E-state index is -1.05. The highest BCUT2D eigenvalue weighted by Crippen LogP contribution is 2.64. The van der Waals surface area contributed by atoms with Gasteiger partial charge in [-0.2, -0.15) is 0 Å². The van der Waals surface area contributed by atoms with Crippen LogP contribution >= 0.6 is 0 Å². The number of benzene rings is 1. The van der Waals surface area contributed by atoms with Crippen molar-refractivity contribution in [2.24, 2.45) is 17.8 Å². The quantitative estimate of drug-likeness (QED) is 0.674. The van der Waals surface area contributed by atoms with E-state index >= 15 is 0 Å². The monoisotopic (exact) mass is 356 g/mol. The first-order valence-electron chi connectivity index (χ1n) is 10.2. The van der Waals surface area contributed by atoms with Crippen LogP contribution in [0.4, 0.5) is 0 Å². The zero-order chi connectivity index (χ0) is 18.4. The second-order valence-electron chi connectivity index (χ2n) is 8.40. The molecule has 0 bridgehead atoms. The Morgan fingerprint density at radius 3 is 2.58 bits per heavy atom. The van der Waals surface area contributed by atoms with E-state index in [-0.39, 0.29) is 35.4 Å². The molecule has 0 aliphatic heterocycles. The number of carbonyl (C=O) groups excluding carboxylic acids is 1. The minimum Gasteiger partial charge on any atom is -0.508 e. The number of Topliss-reactive ketones (excluding diaryl/α,β-unsaturated/α-hetero) is 1. The van der Waals surface area contributed by atoms with Crippen molar-refractivity contribution < 1.29 is 19.8 Å². The summed E-state index contributed by atoms with van der Waals surface area (Å²) < 4.78 is 0. The van der Waals surface area contributed by atoms with Gasteiger partial charge in [-0.15, -0.1) is 0 Å². The SMILES string of the molecule is CCCCCCCC[C@H]1[C@@H]2Cc3c(O)cc(C(=O)O)c4c3[C@@H]2[C@@H]1C(=O)C4. The van der Waals surface area contributed by atoms with Gasteiger partial charge in [-0.25, -0.2) is 4.79 Å². The van der Waals surface area contributed by atoms with E-state index in [4.69, 9.17) is 0 Å². The van der Waals surface area contributed by atoms with Gasteiger partial charge in [-0.1, -0.05) is 45.4 Å². The van der Waals surface area contributed by atoms with Gasteiger partial charge in [0.15, 0.2) is 0 Å². The number of phenols is 1. The molecule has 1 fully saturated rings. The second kappa shape index (κ2) is 6.71. The van der Waals surface area contributed by atoms with Gasteiger partial charge in [0.05, 0.1) is 5.56 Å². The van der Waals surface area contributed by atoms with Crippen molar-refractivity contribution in [3.8, 4) is 5.75 Å². The van der Waals surface area contributed by atoms with Crippen LogP contribution in [-0.2, 0) is 17.6 Å². The third-order valence-corrected chi connectivity index (χ3v) is 7.04. The Hall–Kier alpha value is -1.84. The largest absolute Gasteiger partial charge is 0.508 e. The summed E-state index contributed by atoms with van der Waals surface area (Å²) in [6.45, 7) is 2.22. The number of aromatic carboxylic acids is 1. The molecule has 0 unspecified atom stereocenters. The molecule has 26 heavy (non-hydrogen) atoms. The highest BCUT2D eigenvalue weighted by molar-refractivity contribution is 5.97. The summed E-state index contributed by atoms with van der Waals surface area (Å²) in [6, 6.07) is 1.36. The standard InChI is InChI=1S/C22H28O4/c1-2-3-4-5-6-7-8-12-13-9-16-17(23)11-15(22(25)26)14-10-18(24)20(12)21(13)19(14)16/h11-13,20-21,23H,2-10H2,1H3,(H,25,26)/t12-,13-,20-,21+/m0/s1. The topological polar surface area (TPSA) is 74.6 Å². The van der Waals surface area contributed by atoms with Crippen molar-refractivity contribution >= 4 is 11.8 Å². The van der Waals surface area contributed by atoms with Gasteiger partial charge < -0.3 is 10.2 Å². The maximum Gasteiger partial charge on any atom is 0.336 e. The highest BCUT2D eigenvalue weighted by Gasteiger charge is 2.60. The van der Waals surface area contributed by atoms with Gasteiger partial charge in [0.2, 0.25) is 0 Å². The Labute approximate surface area is 154 Å². The van der Waals surface area contributed by atoms with Crippen molar-refractivity contribution in [3.63, 3.8) is 0 Å². The Kier molecular flexibility index (Phi) is 4.54. The molecule has 2 N–H and O–H groups in total. The molecule has 0 aromatic heterocycles. The number of rotatable bonds is 8. The molecule has 4 heteroatoms. The molecule has 4 atom stereocenters. The molecule has 3 aliphatic rings. The van der Waals surface area contributed by atoms with E-state index in [0.717, 1.165) is 24.0 Å². The lowest BCUT2D eigenvalue weighted by Crippen LogP contribution is -2.50. The van der Waals surface area contributed by atoms with Gasteiger partial charge in [0, 0.05) is 12.3 Å². The Balaban J connectivity index is 1.51. The van der Waals surface area contributed by atoms with Crippen LogP contribution in [0, 0.1) is 17.8 Å². The maximum absolute atomic E-state index is 12.8. The minimum absolute atomic E-state index is 0.0628. The van der Waals surface area contributed by atoms with Crippen molar-refractivity contribution in [2.45, 2.75) is 70.6 Å². The molecule has 3 aliphatic carbocycles.